The minimum Gasteiger partial charge on any atom is -0.455 e. The third-order valence-electron chi connectivity index (χ3n) is 3.29. The number of hydrogen-bond donors (Lipinski definition) is 1. The first-order valence-corrected chi connectivity index (χ1v) is 6.50. The maximum absolute atomic E-state index is 12.7. The number of carbonyl (C=O) groups excluding carboxylic acids is 2. The van der Waals surface area contributed by atoms with Crippen molar-refractivity contribution in [1.82, 2.24) is 0 Å². The van der Waals surface area contributed by atoms with Crippen molar-refractivity contribution in [3.05, 3.63) is 29.8 Å². The number of alkyl halides is 3. The van der Waals surface area contributed by atoms with Gasteiger partial charge in [0.1, 0.15) is 0 Å². The van der Waals surface area contributed by atoms with Crippen molar-refractivity contribution in [1.29, 1.82) is 0 Å². The summed E-state index contributed by atoms with van der Waals surface area (Å²) in [6, 6.07) is 4.63. The Balaban J connectivity index is 1.92. The Labute approximate surface area is 119 Å². The number of rotatable bonds is 4. The molecule has 1 N–H and O–H groups in total. The molecule has 7 heteroatoms. The first-order chi connectivity index (χ1) is 9.88. The van der Waals surface area contributed by atoms with Crippen molar-refractivity contribution in [2.45, 2.75) is 25.4 Å². The van der Waals surface area contributed by atoms with Gasteiger partial charge in [-0.3, -0.25) is 9.59 Å². The van der Waals surface area contributed by atoms with E-state index in [2.05, 4.69) is 5.32 Å². The number of benzene rings is 1. The zero-order chi connectivity index (χ0) is 15.5. The van der Waals surface area contributed by atoms with Gasteiger partial charge in [-0.25, -0.2) is 0 Å². The summed E-state index contributed by atoms with van der Waals surface area (Å²) in [6.07, 6.45) is -2.15. The molecule has 0 bridgehead atoms. The lowest BCUT2D eigenvalue weighted by Crippen LogP contribution is -2.28. The first kappa shape index (κ1) is 15.3. The second kappa shape index (κ2) is 6.15. The Bertz CT molecular complexity index is 539. The van der Waals surface area contributed by atoms with Gasteiger partial charge in [0.2, 0.25) is 0 Å². The third-order valence-corrected chi connectivity index (χ3v) is 3.29. The van der Waals surface area contributed by atoms with Crippen LogP contribution in [0.15, 0.2) is 24.3 Å². The van der Waals surface area contributed by atoms with Gasteiger partial charge >= 0.3 is 12.1 Å². The molecule has 0 saturated heterocycles. The molecule has 0 aliphatic heterocycles. The molecule has 21 heavy (non-hydrogen) atoms. The SMILES string of the molecule is O=C(COC(=O)C1CCC1)Nc1ccccc1C(F)(F)F. The standard InChI is InChI=1S/C14H14F3NO3/c15-14(16,17)10-6-1-2-7-11(10)18-12(19)8-21-13(20)9-4-3-5-9/h1-2,6-7,9H,3-5,8H2,(H,18,19). The Morgan fingerprint density at radius 3 is 2.48 bits per heavy atom. The van der Waals surface area contributed by atoms with Crippen LogP contribution in [0.25, 0.3) is 0 Å². The predicted molar refractivity (Wildman–Crippen MR) is 68.4 cm³/mol. The van der Waals surface area contributed by atoms with Crippen molar-refractivity contribution in [2.24, 2.45) is 5.92 Å². The highest BCUT2D eigenvalue weighted by atomic mass is 19.4. The fourth-order valence-corrected chi connectivity index (χ4v) is 1.92. The smallest absolute Gasteiger partial charge is 0.418 e. The predicted octanol–water partition coefficient (Wildman–Crippen LogP) is 2.99. The van der Waals surface area contributed by atoms with Gasteiger partial charge in [0.25, 0.3) is 5.91 Å². The molecule has 1 saturated carbocycles. The fourth-order valence-electron chi connectivity index (χ4n) is 1.92. The number of carbonyl (C=O) groups is 2. The lowest BCUT2D eigenvalue weighted by atomic mass is 9.86. The van der Waals surface area contributed by atoms with Crippen LogP contribution in [0.4, 0.5) is 18.9 Å². The van der Waals surface area contributed by atoms with Crippen molar-refractivity contribution >= 4 is 17.6 Å². The summed E-state index contributed by atoms with van der Waals surface area (Å²) < 4.78 is 43.0. The number of anilines is 1. The van der Waals surface area contributed by atoms with Crippen molar-refractivity contribution in [3.63, 3.8) is 0 Å². The average Bonchev–Trinajstić information content (AvgIpc) is 2.33. The number of para-hydroxylation sites is 1. The van der Waals surface area contributed by atoms with Crippen LogP contribution in [0, 0.1) is 5.92 Å². The molecule has 1 aromatic rings. The Kier molecular flexibility index (Phi) is 4.50. The Morgan fingerprint density at radius 1 is 1.24 bits per heavy atom. The highest BCUT2D eigenvalue weighted by molar-refractivity contribution is 5.93. The molecule has 0 unspecified atom stereocenters. The zero-order valence-electron chi connectivity index (χ0n) is 11.1. The van der Waals surface area contributed by atoms with Crippen LogP contribution in [0.3, 0.4) is 0 Å². The molecule has 1 amide bonds. The van der Waals surface area contributed by atoms with Gasteiger partial charge in [0.15, 0.2) is 6.61 Å². The van der Waals surface area contributed by atoms with Crippen LogP contribution in [-0.2, 0) is 20.5 Å². The molecule has 114 valence electrons. The first-order valence-electron chi connectivity index (χ1n) is 6.50. The van der Waals surface area contributed by atoms with Gasteiger partial charge in [0.05, 0.1) is 17.2 Å². The maximum atomic E-state index is 12.7. The third kappa shape index (κ3) is 3.96. The minimum absolute atomic E-state index is 0.180. The number of esters is 1. The zero-order valence-corrected chi connectivity index (χ0v) is 11.1. The molecule has 0 spiro atoms. The molecule has 0 atom stereocenters. The van der Waals surface area contributed by atoms with Gasteiger partial charge < -0.3 is 10.1 Å². The Hall–Kier alpha value is -2.05. The van der Waals surface area contributed by atoms with Gasteiger partial charge in [0, 0.05) is 0 Å². The van der Waals surface area contributed by atoms with Gasteiger partial charge in [-0.1, -0.05) is 18.6 Å². The quantitative estimate of drug-likeness (QED) is 0.870. The monoisotopic (exact) mass is 301 g/mol. The molecular weight excluding hydrogens is 287 g/mol. The van der Waals surface area contributed by atoms with Crippen molar-refractivity contribution in [3.8, 4) is 0 Å². The van der Waals surface area contributed by atoms with E-state index in [1.165, 1.54) is 12.1 Å². The molecule has 0 radical (unpaired) electrons. The molecule has 1 fully saturated rings. The summed E-state index contributed by atoms with van der Waals surface area (Å²) in [5.41, 5.74) is -1.29. The molecule has 1 aromatic carbocycles. The van der Waals surface area contributed by atoms with Gasteiger partial charge in [-0.2, -0.15) is 13.2 Å². The molecular formula is C14H14F3NO3. The summed E-state index contributed by atoms with van der Waals surface area (Å²) in [5.74, 6) is -1.44. The van der Waals surface area contributed by atoms with Crippen molar-refractivity contribution < 1.29 is 27.5 Å². The van der Waals surface area contributed by atoms with E-state index >= 15 is 0 Å². The van der Waals surface area contributed by atoms with E-state index in [4.69, 9.17) is 4.74 Å². The number of hydrogen-bond acceptors (Lipinski definition) is 3. The van der Waals surface area contributed by atoms with E-state index in [1.807, 2.05) is 0 Å². The lowest BCUT2D eigenvalue weighted by molar-refractivity contribution is -0.154. The maximum Gasteiger partial charge on any atom is 0.418 e. The van der Waals surface area contributed by atoms with E-state index in [-0.39, 0.29) is 11.6 Å². The normalized spacial score (nSPS) is 15.2. The summed E-state index contributed by atoms with van der Waals surface area (Å²) in [6.45, 7) is -0.582. The topological polar surface area (TPSA) is 55.4 Å². The van der Waals surface area contributed by atoms with E-state index in [1.54, 1.807) is 0 Å². The van der Waals surface area contributed by atoms with Crippen molar-refractivity contribution in [2.75, 3.05) is 11.9 Å². The summed E-state index contributed by atoms with van der Waals surface area (Å²) in [7, 11) is 0. The second-order valence-electron chi connectivity index (χ2n) is 4.83. The van der Waals surface area contributed by atoms with Crippen LogP contribution in [0.2, 0.25) is 0 Å². The van der Waals surface area contributed by atoms with Gasteiger partial charge in [-0.05, 0) is 25.0 Å². The van der Waals surface area contributed by atoms with Crippen LogP contribution >= 0.6 is 0 Å². The largest absolute Gasteiger partial charge is 0.455 e. The van der Waals surface area contributed by atoms with Crippen LogP contribution in [0.5, 0.6) is 0 Å². The highest BCUT2D eigenvalue weighted by Gasteiger charge is 2.33. The van der Waals surface area contributed by atoms with Crippen LogP contribution < -0.4 is 5.32 Å². The number of amides is 1. The molecule has 1 aliphatic rings. The Morgan fingerprint density at radius 2 is 1.90 bits per heavy atom. The molecule has 1 aliphatic carbocycles. The molecule has 0 aromatic heterocycles. The van der Waals surface area contributed by atoms with E-state index < -0.39 is 30.2 Å². The number of halogens is 3. The highest BCUT2D eigenvalue weighted by Crippen LogP contribution is 2.34. The summed E-state index contributed by atoms with van der Waals surface area (Å²) in [5, 5.41) is 2.11. The summed E-state index contributed by atoms with van der Waals surface area (Å²) >= 11 is 0. The van der Waals surface area contributed by atoms with Crippen LogP contribution in [0.1, 0.15) is 24.8 Å². The van der Waals surface area contributed by atoms with Gasteiger partial charge in [-0.15, -0.1) is 0 Å². The molecule has 0 heterocycles. The van der Waals surface area contributed by atoms with E-state index in [0.717, 1.165) is 31.4 Å². The average molecular weight is 301 g/mol. The van der Waals surface area contributed by atoms with E-state index in [0.29, 0.717) is 0 Å². The number of ether oxygens (including phenoxy) is 1. The molecule has 4 nitrogen and oxygen atoms in total. The second-order valence-corrected chi connectivity index (χ2v) is 4.83. The lowest BCUT2D eigenvalue weighted by Gasteiger charge is -2.22. The van der Waals surface area contributed by atoms with E-state index in [9.17, 15) is 22.8 Å². The molecule has 2 rings (SSSR count). The summed E-state index contributed by atoms with van der Waals surface area (Å²) in [4.78, 5) is 23.0. The fraction of sp³-hybridized carbons (Fsp3) is 0.429. The van der Waals surface area contributed by atoms with Crippen LogP contribution in [-0.4, -0.2) is 18.5 Å². The minimum atomic E-state index is -4.56. The number of nitrogens with one attached hydrogen (secondary N) is 1.